The molecule has 6 bridgehead atoms. The van der Waals surface area contributed by atoms with Gasteiger partial charge in [-0.1, -0.05) is 12.1 Å². The number of piperidine rings is 1. The van der Waals surface area contributed by atoms with Crippen LogP contribution in [0.2, 0.25) is 0 Å². The van der Waals surface area contributed by atoms with Crippen molar-refractivity contribution in [2.75, 3.05) is 20.7 Å². The van der Waals surface area contributed by atoms with E-state index in [1.165, 1.54) is 12.5 Å². The van der Waals surface area contributed by atoms with Gasteiger partial charge in [-0.05, 0) is 56.1 Å². The van der Waals surface area contributed by atoms with Crippen LogP contribution in [0.25, 0.3) is 0 Å². The molecule has 2 heterocycles. The van der Waals surface area contributed by atoms with Gasteiger partial charge < -0.3 is 19.1 Å². The highest BCUT2D eigenvalue weighted by molar-refractivity contribution is 5.85. The summed E-state index contributed by atoms with van der Waals surface area (Å²) in [6, 6.07) is 6.59. The highest BCUT2D eigenvalue weighted by Crippen LogP contribution is 2.43. The van der Waals surface area contributed by atoms with Crippen LogP contribution in [0.1, 0.15) is 18.9 Å². The minimum absolute atomic E-state index is 0. The third-order valence-electron chi connectivity index (χ3n) is 5.83. The van der Waals surface area contributed by atoms with E-state index < -0.39 is 0 Å². The van der Waals surface area contributed by atoms with Crippen molar-refractivity contribution in [3.05, 3.63) is 35.9 Å². The Kier molecular flexibility index (Phi) is 5.49. The molecule has 142 valence electrons. The quantitative estimate of drug-likeness (QED) is 0.584. The molecule has 0 spiro atoms. The Morgan fingerprint density at radius 1 is 1.31 bits per heavy atom. The number of hydrogen-bond acceptors (Lipinski definition) is 5. The van der Waals surface area contributed by atoms with Crippen LogP contribution >= 0.6 is 12.4 Å². The lowest BCUT2D eigenvalue weighted by molar-refractivity contribution is -0.152. The minimum Gasteiger partial charge on any atom is -0.493 e. The summed E-state index contributed by atoms with van der Waals surface area (Å²) >= 11 is 0. The number of halogens is 1. The number of carbonyl (C=O) groups is 1. The van der Waals surface area contributed by atoms with Gasteiger partial charge in [0.15, 0.2) is 17.6 Å². The second kappa shape index (κ2) is 7.49. The maximum Gasteiger partial charge on any atom is 0.303 e. The monoisotopic (exact) mass is 379 g/mol. The first-order valence-electron chi connectivity index (χ1n) is 8.96. The normalized spacial score (nSPS) is 32.2. The van der Waals surface area contributed by atoms with Crippen LogP contribution in [0.5, 0.6) is 11.5 Å². The Morgan fingerprint density at radius 3 is 2.85 bits per heavy atom. The molecule has 1 aliphatic carbocycles. The number of ether oxygens (including phenoxy) is 3. The van der Waals surface area contributed by atoms with E-state index in [4.69, 9.17) is 14.2 Å². The first kappa shape index (κ1) is 19.1. The fourth-order valence-corrected chi connectivity index (χ4v) is 4.61. The number of likely N-dealkylation sites (tertiary alicyclic amines) is 1. The van der Waals surface area contributed by atoms with Crippen molar-refractivity contribution in [1.82, 2.24) is 4.90 Å². The molecule has 5 nitrogen and oxygen atoms in total. The van der Waals surface area contributed by atoms with Gasteiger partial charge in [-0.3, -0.25) is 4.79 Å². The van der Waals surface area contributed by atoms with E-state index in [0.29, 0.717) is 17.9 Å². The summed E-state index contributed by atoms with van der Waals surface area (Å²) in [6.07, 6.45) is 5.73. The van der Waals surface area contributed by atoms with Crippen molar-refractivity contribution < 1.29 is 19.0 Å². The zero-order chi connectivity index (χ0) is 17.6. The second-order valence-corrected chi connectivity index (χ2v) is 7.31. The van der Waals surface area contributed by atoms with Gasteiger partial charge in [-0.25, -0.2) is 0 Å². The summed E-state index contributed by atoms with van der Waals surface area (Å²) in [5, 5.41) is 0. The Morgan fingerprint density at radius 2 is 2.12 bits per heavy atom. The fourth-order valence-electron chi connectivity index (χ4n) is 4.61. The fraction of sp³-hybridized carbons (Fsp3) is 0.550. The molecule has 3 aliphatic rings. The molecule has 0 amide bonds. The van der Waals surface area contributed by atoms with Crippen molar-refractivity contribution in [2.45, 2.75) is 38.0 Å². The Balaban J connectivity index is 0.00000196. The van der Waals surface area contributed by atoms with E-state index in [0.717, 1.165) is 30.9 Å². The number of esters is 1. The van der Waals surface area contributed by atoms with Crippen LogP contribution in [0.15, 0.2) is 30.4 Å². The SMILES string of the molecule is COc1ccc2cc1O[C@@H]1[C@H]3CCN(C)[C@H](C2)[C@@H]3C=C[C@@H]1OC(C)=O.Cl. The summed E-state index contributed by atoms with van der Waals surface area (Å²) in [5.74, 6) is 1.92. The molecule has 1 saturated heterocycles. The van der Waals surface area contributed by atoms with E-state index in [2.05, 4.69) is 30.2 Å². The molecule has 0 saturated carbocycles. The first-order valence-corrected chi connectivity index (χ1v) is 8.96. The number of hydrogen-bond donors (Lipinski definition) is 0. The highest BCUT2D eigenvalue weighted by atomic mass is 35.5. The molecule has 4 rings (SSSR count). The van der Waals surface area contributed by atoms with Crippen molar-refractivity contribution in [3.63, 3.8) is 0 Å². The number of nitrogens with zero attached hydrogens (tertiary/aromatic N) is 1. The summed E-state index contributed by atoms with van der Waals surface area (Å²) in [5.41, 5.74) is 1.25. The van der Waals surface area contributed by atoms with Gasteiger partial charge in [0, 0.05) is 18.9 Å². The van der Waals surface area contributed by atoms with Crippen molar-refractivity contribution in [1.29, 1.82) is 0 Å². The molecule has 26 heavy (non-hydrogen) atoms. The first-order chi connectivity index (χ1) is 12.1. The maximum atomic E-state index is 11.6. The molecule has 0 N–H and O–H groups in total. The maximum absolute atomic E-state index is 11.6. The molecule has 6 heteroatoms. The number of fused-ring (bicyclic) bond motifs is 2. The van der Waals surface area contributed by atoms with Crippen molar-refractivity contribution >= 4 is 18.4 Å². The van der Waals surface area contributed by atoms with Gasteiger partial charge in [-0.2, -0.15) is 0 Å². The van der Waals surface area contributed by atoms with E-state index in [9.17, 15) is 4.79 Å². The predicted octanol–water partition coefficient (Wildman–Crippen LogP) is 2.86. The number of rotatable bonds is 2. The van der Waals surface area contributed by atoms with Crippen LogP contribution in [-0.4, -0.2) is 49.8 Å². The number of carbonyl (C=O) groups excluding carboxylic acids is 1. The third-order valence-corrected chi connectivity index (χ3v) is 5.83. The van der Waals surface area contributed by atoms with Gasteiger partial charge >= 0.3 is 5.97 Å². The van der Waals surface area contributed by atoms with Crippen LogP contribution < -0.4 is 9.47 Å². The summed E-state index contributed by atoms with van der Waals surface area (Å²) < 4.78 is 17.5. The van der Waals surface area contributed by atoms with Gasteiger partial charge in [0.1, 0.15) is 6.10 Å². The molecular weight excluding hydrogens is 354 g/mol. The van der Waals surface area contributed by atoms with Gasteiger partial charge in [0.25, 0.3) is 0 Å². The van der Waals surface area contributed by atoms with E-state index in [1.807, 2.05) is 12.1 Å². The molecule has 1 aromatic rings. The lowest BCUT2D eigenvalue weighted by Gasteiger charge is -2.48. The minimum atomic E-state index is -0.353. The molecule has 1 aromatic carbocycles. The molecule has 2 aliphatic heterocycles. The molecular formula is C20H26ClNO4. The van der Waals surface area contributed by atoms with E-state index in [-0.39, 0.29) is 30.6 Å². The average molecular weight is 380 g/mol. The van der Waals surface area contributed by atoms with Crippen molar-refractivity contribution in [2.24, 2.45) is 11.8 Å². The average Bonchev–Trinajstić information content (AvgIpc) is 2.60. The zero-order valence-corrected chi connectivity index (χ0v) is 16.2. The molecule has 0 aromatic heterocycles. The van der Waals surface area contributed by atoms with Gasteiger partial charge in [0.05, 0.1) is 7.11 Å². The molecule has 5 atom stereocenters. The summed E-state index contributed by atoms with van der Waals surface area (Å²) in [4.78, 5) is 14.0. The summed E-state index contributed by atoms with van der Waals surface area (Å²) in [7, 11) is 3.85. The standard InChI is InChI=1S/C20H25NO4.ClH/c1-12(22)24-18-7-5-14-15-8-9-21(2)16(14)10-13-4-6-17(23-3)19(11-13)25-20(15)18;/h4-7,11,14-16,18,20H,8-10H2,1-3H3;1H/t14-,15+,16-,18+,20-;/m1./s1. The van der Waals surface area contributed by atoms with E-state index >= 15 is 0 Å². The van der Waals surface area contributed by atoms with Crippen LogP contribution in [-0.2, 0) is 16.0 Å². The predicted molar refractivity (Wildman–Crippen MR) is 101 cm³/mol. The number of benzene rings is 1. The second-order valence-electron chi connectivity index (χ2n) is 7.31. The molecule has 1 fully saturated rings. The lowest BCUT2D eigenvalue weighted by atomic mass is 9.71. The van der Waals surface area contributed by atoms with Crippen LogP contribution in [0.3, 0.4) is 0 Å². The molecule has 0 radical (unpaired) electrons. The van der Waals surface area contributed by atoms with Gasteiger partial charge in [0.2, 0.25) is 0 Å². The highest BCUT2D eigenvalue weighted by Gasteiger charge is 2.46. The largest absolute Gasteiger partial charge is 0.493 e. The Labute approximate surface area is 160 Å². The lowest BCUT2D eigenvalue weighted by Crippen LogP contribution is -2.55. The third kappa shape index (κ3) is 3.30. The van der Waals surface area contributed by atoms with Gasteiger partial charge in [-0.15, -0.1) is 12.4 Å². The Hall–Kier alpha value is -1.72. The summed E-state index contributed by atoms with van der Waals surface area (Å²) in [6.45, 7) is 2.48. The zero-order valence-electron chi connectivity index (χ0n) is 15.4. The number of methoxy groups -OCH3 is 1. The Bertz CT molecular complexity index is 707. The number of likely N-dealkylation sites (N-methyl/N-ethyl adjacent to an activating group) is 1. The van der Waals surface area contributed by atoms with Crippen LogP contribution in [0, 0.1) is 11.8 Å². The topological polar surface area (TPSA) is 48.0 Å². The van der Waals surface area contributed by atoms with Crippen LogP contribution in [0.4, 0.5) is 0 Å². The molecule has 0 unspecified atom stereocenters. The van der Waals surface area contributed by atoms with E-state index in [1.54, 1.807) is 7.11 Å². The smallest absolute Gasteiger partial charge is 0.303 e. The van der Waals surface area contributed by atoms with Crippen molar-refractivity contribution in [3.8, 4) is 11.5 Å².